The number of hydrogen-bond donors (Lipinski definition) is 0. The predicted octanol–water partition coefficient (Wildman–Crippen LogP) is 4.01. The number of benzene rings is 3. The molecule has 3 aromatic rings. The fourth-order valence-corrected chi connectivity index (χ4v) is 5.44. The zero-order valence-electron chi connectivity index (χ0n) is 17.7. The lowest BCUT2D eigenvalue weighted by Gasteiger charge is -2.29. The van der Waals surface area contributed by atoms with Gasteiger partial charge in [-0.15, -0.1) is 0 Å². The molecule has 1 heterocycles. The second-order valence-electron chi connectivity index (χ2n) is 7.58. The van der Waals surface area contributed by atoms with Gasteiger partial charge in [-0.05, 0) is 61.4 Å². The van der Waals surface area contributed by atoms with Crippen molar-refractivity contribution in [2.75, 3.05) is 22.9 Å². The molecule has 0 spiro atoms. The summed E-state index contributed by atoms with van der Waals surface area (Å²) in [4.78, 5) is 15.0. The van der Waals surface area contributed by atoms with Crippen LogP contribution in [-0.4, -0.2) is 34.0 Å². The summed E-state index contributed by atoms with van der Waals surface area (Å²) < 4.78 is 47.0. The van der Waals surface area contributed by atoms with Crippen LogP contribution in [-0.2, 0) is 21.2 Å². The van der Waals surface area contributed by atoms with Crippen LogP contribution in [0.25, 0.3) is 0 Å². The monoisotopic (exact) mass is 454 g/mol. The number of halogens is 1. The molecule has 1 amide bonds. The summed E-state index contributed by atoms with van der Waals surface area (Å²) in [5, 5.41) is 0. The number of fused-ring (bicyclic) bond motifs is 1. The molecule has 1 atom stereocenters. The molecule has 0 saturated heterocycles. The molecular formula is C24H23FN2O4S. The summed E-state index contributed by atoms with van der Waals surface area (Å²) >= 11 is 0. The van der Waals surface area contributed by atoms with Gasteiger partial charge in [0.1, 0.15) is 18.1 Å². The van der Waals surface area contributed by atoms with Crippen molar-refractivity contribution in [2.24, 2.45) is 0 Å². The summed E-state index contributed by atoms with van der Waals surface area (Å²) in [6, 6.07) is 18.6. The molecule has 32 heavy (non-hydrogen) atoms. The van der Waals surface area contributed by atoms with Crippen LogP contribution in [0.15, 0.2) is 77.7 Å². The van der Waals surface area contributed by atoms with Gasteiger partial charge in [-0.25, -0.2) is 12.8 Å². The fourth-order valence-electron chi connectivity index (χ4n) is 4.01. The van der Waals surface area contributed by atoms with E-state index in [-0.39, 0.29) is 22.5 Å². The van der Waals surface area contributed by atoms with Crippen LogP contribution in [0.5, 0.6) is 5.75 Å². The summed E-state index contributed by atoms with van der Waals surface area (Å²) in [5.41, 5.74) is 2.05. The molecule has 6 nitrogen and oxygen atoms in total. The molecule has 0 radical (unpaired) electrons. The zero-order valence-corrected chi connectivity index (χ0v) is 18.5. The van der Waals surface area contributed by atoms with E-state index < -0.39 is 22.4 Å². The number of carbonyl (C=O) groups is 1. The first kappa shape index (κ1) is 21.8. The fraction of sp³-hybridized carbons (Fsp3) is 0.208. The van der Waals surface area contributed by atoms with Crippen LogP contribution in [0.3, 0.4) is 0 Å². The average Bonchev–Trinajstić information content (AvgIpc) is 3.13. The standard InChI is InChI=1S/C24H23FN2O4S/c1-17-15-18-7-3-4-8-21(18)27(17)24(28)16-26(22-9-5-6-10-23(22)31-2)32(29,30)20-13-11-19(25)12-14-20/h3-14,17H,15-16H2,1-2H3/t17-/m0/s1. The van der Waals surface area contributed by atoms with E-state index in [0.717, 1.165) is 27.7 Å². The molecule has 3 aromatic carbocycles. The van der Waals surface area contributed by atoms with Crippen molar-refractivity contribution in [3.05, 3.63) is 84.2 Å². The number of carbonyl (C=O) groups excluding carboxylic acids is 1. The Kier molecular flexibility index (Phi) is 5.88. The Morgan fingerprint density at radius 1 is 1.06 bits per heavy atom. The predicted molar refractivity (Wildman–Crippen MR) is 121 cm³/mol. The van der Waals surface area contributed by atoms with E-state index in [1.54, 1.807) is 29.2 Å². The number of rotatable bonds is 6. The number of methoxy groups -OCH3 is 1. The maximum Gasteiger partial charge on any atom is 0.264 e. The van der Waals surface area contributed by atoms with Gasteiger partial charge in [0.15, 0.2) is 0 Å². The third kappa shape index (κ3) is 3.93. The van der Waals surface area contributed by atoms with Crippen LogP contribution < -0.4 is 13.9 Å². The SMILES string of the molecule is COc1ccccc1N(CC(=O)N1c2ccccc2C[C@@H]1C)S(=O)(=O)c1ccc(F)cc1. The van der Waals surface area contributed by atoms with Gasteiger partial charge < -0.3 is 9.64 Å². The highest BCUT2D eigenvalue weighted by Gasteiger charge is 2.35. The number of hydrogen-bond acceptors (Lipinski definition) is 4. The van der Waals surface area contributed by atoms with E-state index in [1.807, 2.05) is 31.2 Å². The number of sulfonamides is 1. The van der Waals surface area contributed by atoms with Crippen molar-refractivity contribution in [3.63, 3.8) is 0 Å². The summed E-state index contributed by atoms with van der Waals surface area (Å²) in [7, 11) is -2.75. The van der Waals surface area contributed by atoms with E-state index in [2.05, 4.69) is 0 Å². The summed E-state index contributed by atoms with van der Waals surface area (Å²) in [6.45, 7) is 1.50. The third-order valence-electron chi connectivity index (χ3n) is 5.51. The maximum atomic E-state index is 13.6. The van der Waals surface area contributed by atoms with Crippen molar-refractivity contribution >= 4 is 27.3 Å². The van der Waals surface area contributed by atoms with Crippen LogP contribution in [0.4, 0.5) is 15.8 Å². The molecule has 0 aliphatic carbocycles. The number of ether oxygens (including phenoxy) is 1. The van der Waals surface area contributed by atoms with Gasteiger partial charge in [0.05, 0.1) is 17.7 Å². The molecule has 8 heteroatoms. The Hall–Kier alpha value is -3.39. The summed E-state index contributed by atoms with van der Waals surface area (Å²) in [5.74, 6) is -0.605. The Bertz CT molecular complexity index is 1240. The molecule has 166 valence electrons. The summed E-state index contributed by atoms with van der Waals surface area (Å²) in [6.07, 6.45) is 0.696. The molecule has 4 rings (SSSR count). The van der Waals surface area contributed by atoms with Crippen LogP contribution in [0, 0.1) is 5.82 Å². The van der Waals surface area contributed by atoms with E-state index >= 15 is 0 Å². The zero-order chi connectivity index (χ0) is 22.9. The topological polar surface area (TPSA) is 66.9 Å². The van der Waals surface area contributed by atoms with Crippen molar-refractivity contribution in [1.82, 2.24) is 0 Å². The quantitative estimate of drug-likeness (QED) is 0.565. The van der Waals surface area contributed by atoms with Gasteiger partial charge >= 0.3 is 0 Å². The molecule has 0 N–H and O–H groups in total. The molecule has 0 unspecified atom stereocenters. The molecule has 0 bridgehead atoms. The van der Waals surface area contributed by atoms with Gasteiger partial charge in [-0.3, -0.25) is 9.10 Å². The lowest BCUT2D eigenvalue weighted by atomic mass is 10.1. The Labute approximate surface area is 186 Å². The molecule has 0 saturated carbocycles. The normalized spacial score (nSPS) is 15.3. The first-order valence-corrected chi connectivity index (χ1v) is 11.6. The van der Waals surface area contributed by atoms with Gasteiger partial charge in [-0.1, -0.05) is 30.3 Å². The number of para-hydroxylation sites is 3. The van der Waals surface area contributed by atoms with Crippen LogP contribution in [0.1, 0.15) is 12.5 Å². The Balaban J connectivity index is 1.77. The molecule has 0 fully saturated rings. The lowest BCUT2D eigenvalue weighted by Crippen LogP contribution is -2.45. The highest BCUT2D eigenvalue weighted by atomic mass is 32.2. The first-order valence-electron chi connectivity index (χ1n) is 10.1. The lowest BCUT2D eigenvalue weighted by molar-refractivity contribution is -0.117. The molecule has 1 aliphatic rings. The third-order valence-corrected chi connectivity index (χ3v) is 7.28. The molecule has 1 aliphatic heterocycles. The van der Waals surface area contributed by atoms with Crippen molar-refractivity contribution < 1.29 is 22.3 Å². The van der Waals surface area contributed by atoms with Crippen LogP contribution >= 0.6 is 0 Å². The minimum atomic E-state index is -4.18. The number of nitrogens with zero attached hydrogens (tertiary/aromatic N) is 2. The van der Waals surface area contributed by atoms with Gasteiger partial charge in [-0.2, -0.15) is 0 Å². The van der Waals surface area contributed by atoms with Gasteiger partial charge in [0, 0.05) is 11.7 Å². The largest absolute Gasteiger partial charge is 0.495 e. The Morgan fingerprint density at radius 2 is 1.72 bits per heavy atom. The second-order valence-corrected chi connectivity index (χ2v) is 9.45. The van der Waals surface area contributed by atoms with E-state index in [4.69, 9.17) is 4.74 Å². The second kappa shape index (κ2) is 8.63. The molecule has 0 aromatic heterocycles. The molecular weight excluding hydrogens is 431 g/mol. The van der Waals surface area contributed by atoms with Crippen molar-refractivity contribution in [3.8, 4) is 5.75 Å². The van der Waals surface area contributed by atoms with Gasteiger partial charge in [0.2, 0.25) is 5.91 Å². The van der Waals surface area contributed by atoms with E-state index in [1.165, 1.54) is 19.2 Å². The Morgan fingerprint density at radius 3 is 2.44 bits per heavy atom. The smallest absolute Gasteiger partial charge is 0.264 e. The van der Waals surface area contributed by atoms with E-state index in [9.17, 15) is 17.6 Å². The highest BCUT2D eigenvalue weighted by molar-refractivity contribution is 7.92. The minimum Gasteiger partial charge on any atom is -0.495 e. The van der Waals surface area contributed by atoms with Crippen molar-refractivity contribution in [2.45, 2.75) is 24.3 Å². The van der Waals surface area contributed by atoms with Crippen LogP contribution in [0.2, 0.25) is 0 Å². The first-order chi connectivity index (χ1) is 15.3. The van der Waals surface area contributed by atoms with Gasteiger partial charge in [0.25, 0.3) is 10.0 Å². The highest BCUT2D eigenvalue weighted by Crippen LogP contribution is 2.35. The number of amides is 1. The minimum absolute atomic E-state index is 0.104. The maximum absolute atomic E-state index is 13.6. The van der Waals surface area contributed by atoms with E-state index in [0.29, 0.717) is 12.2 Å². The van der Waals surface area contributed by atoms with Crippen molar-refractivity contribution in [1.29, 1.82) is 0 Å². The number of anilines is 2. The average molecular weight is 455 g/mol.